The van der Waals surface area contributed by atoms with Crippen molar-refractivity contribution in [2.75, 3.05) is 26.3 Å². The van der Waals surface area contributed by atoms with E-state index < -0.39 is 0 Å². The SMILES string of the molecule is C/C(=C\n1c2c(c3cc(C)ccc31)CCN(CCF)CC2)c1ccncc1. The number of alkyl halides is 1. The second-order valence-electron chi connectivity index (χ2n) is 7.39. The van der Waals surface area contributed by atoms with E-state index in [0.717, 1.165) is 25.9 Å². The number of hydrogen-bond acceptors (Lipinski definition) is 2. The van der Waals surface area contributed by atoms with Crippen LogP contribution in [0, 0.1) is 6.92 Å². The van der Waals surface area contributed by atoms with Gasteiger partial charge in [-0.1, -0.05) is 11.6 Å². The van der Waals surface area contributed by atoms with Gasteiger partial charge in [0.2, 0.25) is 0 Å². The minimum absolute atomic E-state index is 0.273. The highest BCUT2D eigenvalue weighted by atomic mass is 19.1. The molecule has 3 aromatic rings. The lowest BCUT2D eigenvalue weighted by Gasteiger charge is -2.17. The van der Waals surface area contributed by atoms with Crippen molar-refractivity contribution >= 4 is 22.7 Å². The first-order valence-electron chi connectivity index (χ1n) is 9.67. The first kappa shape index (κ1) is 17.9. The number of rotatable bonds is 4. The van der Waals surface area contributed by atoms with Crippen molar-refractivity contribution in [2.45, 2.75) is 26.7 Å². The Morgan fingerprint density at radius 2 is 1.93 bits per heavy atom. The van der Waals surface area contributed by atoms with E-state index >= 15 is 0 Å². The van der Waals surface area contributed by atoms with Crippen molar-refractivity contribution in [1.82, 2.24) is 14.5 Å². The summed E-state index contributed by atoms with van der Waals surface area (Å²) in [6.45, 7) is 6.39. The highest BCUT2D eigenvalue weighted by Gasteiger charge is 2.21. The van der Waals surface area contributed by atoms with Crippen molar-refractivity contribution in [2.24, 2.45) is 0 Å². The quantitative estimate of drug-likeness (QED) is 0.668. The molecule has 1 aliphatic rings. The maximum atomic E-state index is 12.8. The number of hydrogen-bond donors (Lipinski definition) is 0. The van der Waals surface area contributed by atoms with Gasteiger partial charge in [0.15, 0.2) is 0 Å². The van der Waals surface area contributed by atoms with Crippen LogP contribution in [0.5, 0.6) is 0 Å². The molecule has 4 heteroatoms. The van der Waals surface area contributed by atoms with Gasteiger partial charge in [0.1, 0.15) is 6.67 Å². The molecule has 1 aromatic carbocycles. The summed E-state index contributed by atoms with van der Waals surface area (Å²) in [5.41, 5.74) is 7.72. The third kappa shape index (κ3) is 3.54. The molecule has 0 unspecified atom stereocenters. The predicted octanol–water partition coefficient (Wildman–Crippen LogP) is 4.73. The number of aromatic nitrogens is 2. The topological polar surface area (TPSA) is 21.1 Å². The van der Waals surface area contributed by atoms with Crippen LogP contribution in [0.4, 0.5) is 4.39 Å². The molecule has 4 rings (SSSR count). The molecule has 0 spiro atoms. The molecule has 2 aromatic heterocycles. The Kier molecular flexibility index (Phi) is 5.08. The lowest BCUT2D eigenvalue weighted by molar-refractivity contribution is 0.258. The number of nitrogens with zero attached hydrogens (tertiary/aromatic N) is 3. The Hall–Kier alpha value is -2.46. The molecule has 0 atom stereocenters. The molecule has 1 aliphatic heterocycles. The Labute approximate surface area is 160 Å². The van der Waals surface area contributed by atoms with Gasteiger partial charge in [-0.25, -0.2) is 4.39 Å². The Bertz CT molecular complexity index is 972. The van der Waals surface area contributed by atoms with Crippen LogP contribution < -0.4 is 0 Å². The summed E-state index contributed by atoms with van der Waals surface area (Å²) in [6.07, 6.45) is 7.84. The number of benzene rings is 1. The van der Waals surface area contributed by atoms with Gasteiger partial charge in [0.05, 0.1) is 5.52 Å². The van der Waals surface area contributed by atoms with Gasteiger partial charge >= 0.3 is 0 Å². The summed E-state index contributed by atoms with van der Waals surface area (Å²) in [6, 6.07) is 10.8. The molecule has 0 saturated heterocycles. The van der Waals surface area contributed by atoms with Crippen molar-refractivity contribution in [1.29, 1.82) is 0 Å². The number of allylic oxidation sites excluding steroid dienone is 1. The Morgan fingerprint density at radius 3 is 2.70 bits per heavy atom. The van der Waals surface area contributed by atoms with Gasteiger partial charge in [0, 0.05) is 55.7 Å². The van der Waals surface area contributed by atoms with Crippen LogP contribution in [-0.4, -0.2) is 40.8 Å². The molecule has 0 saturated carbocycles. The molecule has 0 aliphatic carbocycles. The molecular formula is C23H26FN3. The van der Waals surface area contributed by atoms with Crippen molar-refractivity contribution in [3.05, 3.63) is 65.1 Å². The second-order valence-corrected chi connectivity index (χ2v) is 7.39. The number of fused-ring (bicyclic) bond motifs is 3. The summed E-state index contributed by atoms with van der Waals surface area (Å²) in [5, 5.41) is 1.34. The maximum Gasteiger partial charge on any atom is 0.102 e. The molecule has 0 N–H and O–H groups in total. The lowest BCUT2D eigenvalue weighted by atomic mass is 10.1. The van der Waals surface area contributed by atoms with E-state index in [1.807, 2.05) is 24.5 Å². The van der Waals surface area contributed by atoms with Gasteiger partial charge < -0.3 is 9.47 Å². The van der Waals surface area contributed by atoms with Gasteiger partial charge in [-0.2, -0.15) is 0 Å². The van der Waals surface area contributed by atoms with E-state index in [2.05, 4.69) is 52.7 Å². The molecule has 0 radical (unpaired) electrons. The van der Waals surface area contributed by atoms with E-state index in [1.165, 1.54) is 38.9 Å². The smallest absolute Gasteiger partial charge is 0.102 e. The summed E-state index contributed by atoms with van der Waals surface area (Å²) in [7, 11) is 0. The molecule has 27 heavy (non-hydrogen) atoms. The average molecular weight is 363 g/mol. The minimum Gasteiger partial charge on any atom is -0.320 e. The molecule has 3 heterocycles. The van der Waals surface area contributed by atoms with E-state index in [1.54, 1.807) is 0 Å². The lowest BCUT2D eigenvalue weighted by Crippen LogP contribution is -2.28. The van der Waals surface area contributed by atoms with Crippen LogP contribution in [0.3, 0.4) is 0 Å². The number of aryl methyl sites for hydroxylation is 1. The predicted molar refractivity (Wildman–Crippen MR) is 111 cm³/mol. The Balaban J connectivity index is 1.83. The third-order valence-corrected chi connectivity index (χ3v) is 5.58. The zero-order valence-electron chi connectivity index (χ0n) is 16.1. The van der Waals surface area contributed by atoms with Crippen molar-refractivity contribution in [3.63, 3.8) is 0 Å². The highest BCUT2D eigenvalue weighted by Crippen LogP contribution is 2.31. The summed E-state index contributed by atoms with van der Waals surface area (Å²) in [5.74, 6) is 0. The summed E-state index contributed by atoms with van der Waals surface area (Å²) < 4.78 is 15.2. The fourth-order valence-electron chi connectivity index (χ4n) is 4.12. The van der Waals surface area contributed by atoms with Gasteiger partial charge in [-0.05, 0) is 61.2 Å². The van der Waals surface area contributed by atoms with Crippen LogP contribution in [-0.2, 0) is 12.8 Å². The van der Waals surface area contributed by atoms with Crippen LogP contribution in [0.25, 0.3) is 22.7 Å². The largest absolute Gasteiger partial charge is 0.320 e. The molecule has 140 valence electrons. The fourth-order valence-corrected chi connectivity index (χ4v) is 4.12. The highest BCUT2D eigenvalue weighted by molar-refractivity contribution is 5.90. The minimum atomic E-state index is -0.273. The average Bonchev–Trinajstić information content (AvgIpc) is 2.82. The molecular weight excluding hydrogens is 337 g/mol. The van der Waals surface area contributed by atoms with Crippen molar-refractivity contribution in [3.8, 4) is 0 Å². The number of pyridine rings is 1. The van der Waals surface area contributed by atoms with E-state index in [0.29, 0.717) is 6.54 Å². The van der Waals surface area contributed by atoms with Crippen LogP contribution in [0.1, 0.15) is 29.3 Å². The van der Waals surface area contributed by atoms with E-state index in [4.69, 9.17) is 0 Å². The van der Waals surface area contributed by atoms with Crippen LogP contribution >= 0.6 is 0 Å². The first-order valence-corrected chi connectivity index (χ1v) is 9.67. The van der Waals surface area contributed by atoms with Crippen LogP contribution in [0.15, 0.2) is 42.7 Å². The molecule has 0 bridgehead atoms. The van der Waals surface area contributed by atoms with Gasteiger partial charge in [-0.3, -0.25) is 4.98 Å². The van der Waals surface area contributed by atoms with Crippen molar-refractivity contribution < 1.29 is 4.39 Å². The molecule has 0 amide bonds. The zero-order chi connectivity index (χ0) is 18.8. The zero-order valence-corrected chi connectivity index (χ0v) is 16.1. The van der Waals surface area contributed by atoms with Crippen LogP contribution in [0.2, 0.25) is 0 Å². The normalized spacial score (nSPS) is 15.7. The van der Waals surface area contributed by atoms with E-state index in [-0.39, 0.29) is 6.67 Å². The summed E-state index contributed by atoms with van der Waals surface area (Å²) in [4.78, 5) is 6.36. The maximum absolute atomic E-state index is 12.8. The monoisotopic (exact) mass is 363 g/mol. The third-order valence-electron chi connectivity index (χ3n) is 5.58. The van der Waals surface area contributed by atoms with Gasteiger partial charge in [0.25, 0.3) is 0 Å². The second kappa shape index (κ2) is 7.65. The first-order chi connectivity index (χ1) is 13.2. The number of halogens is 1. The standard InChI is InChI=1S/C23H26FN3/c1-17-3-4-22-21(15-17)20-7-12-26(14-9-24)13-8-23(20)27(22)16-18(2)19-5-10-25-11-6-19/h3-6,10-11,15-16H,7-9,12-14H2,1-2H3/b18-16+. The fraction of sp³-hybridized carbons (Fsp3) is 0.348. The Morgan fingerprint density at radius 1 is 1.15 bits per heavy atom. The summed E-state index contributed by atoms with van der Waals surface area (Å²) >= 11 is 0. The van der Waals surface area contributed by atoms with Gasteiger partial charge in [-0.15, -0.1) is 0 Å². The van der Waals surface area contributed by atoms with E-state index in [9.17, 15) is 4.39 Å². The molecule has 0 fully saturated rings. The molecule has 3 nitrogen and oxygen atoms in total.